The molecule has 2 atom stereocenters. The molecule has 0 fully saturated rings. The number of allylic oxidation sites excluding steroid dienone is 2. The summed E-state index contributed by atoms with van der Waals surface area (Å²) in [6.45, 7) is 22.7. The van der Waals surface area contributed by atoms with Gasteiger partial charge >= 0.3 is 0 Å². The van der Waals surface area contributed by atoms with Crippen LogP contribution in [0, 0.1) is 55.4 Å². The van der Waals surface area contributed by atoms with Gasteiger partial charge in [0.05, 0.1) is 8.07 Å². The van der Waals surface area contributed by atoms with Gasteiger partial charge in [-0.05, 0) is 147 Å². The summed E-state index contributed by atoms with van der Waals surface area (Å²) >= 11 is 0. The molecule has 3 heteroatoms. The van der Waals surface area contributed by atoms with E-state index in [9.17, 15) is 0 Å². The highest BCUT2D eigenvalue weighted by molar-refractivity contribution is 6.84. The van der Waals surface area contributed by atoms with Crippen LogP contribution in [0.15, 0.2) is 93.8 Å². The monoisotopic (exact) mass is 684 g/mol. The predicted octanol–water partition coefficient (Wildman–Crippen LogP) is 13.4. The highest BCUT2D eigenvalue weighted by atomic mass is 28.3. The zero-order valence-electron chi connectivity index (χ0n) is 31.7. The molecule has 0 amide bonds. The number of benzene rings is 4. The summed E-state index contributed by atoms with van der Waals surface area (Å²) in [5, 5.41) is 0. The lowest BCUT2D eigenvalue weighted by Gasteiger charge is -2.39. The van der Waals surface area contributed by atoms with E-state index in [1.807, 2.05) is 0 Å². The minimum absolute atomic E-state index is 0.199. The fraction of sp³-hybridized carbons (Fsp3) is 0.250. The van der Waals surface area contributed by atoms with Gasteiger partial charge in [-0.3, -0.25) is 0 Å². The molecule has 2 aliphatic rings. The molecule has 2 unspecified atom stereocenters. The Bertz CT molecular complexity index is 2230. The fourth-order valence-corrected chi connectivity index (χ4v) is 14.0. The maximum atomic E-state index is 6.52. The van der Waals surface area contributed by atoms with Crippen molar-refractivity contribution in [2.45, 2.75) is 79.6 Å². The van der Waals surface area contributed by atoms with Gasteiger partial charge in [0.25, 0.3) is 0 Å². The lowest BCUT2D eigenvalue weighted by atomic mass is 9.91. The minimum Gasteiger partial charge on any atom is -0.462 e. The average Bonchev–Trinajstić information content (AvgIpc) is 3.84. The van der Waals surface area contributed by atoms with E-state index in [1.165, 1.54) is 89.0 Å². The fourth-order valence-electron chi connectivity index (χ4n) is 9.50. The SMILES string of the molecule is Cc1cc(C)cc(-c2c(C)ccc3c2C=C(c2ccc(C)o2)C3[Si](C)(C)C2C(c3ccc(C)o3)=Cc3c2ccc(C)c3-c2cc(C)cc(C)c2)c1. The molecular weight excluding hydrogens is 637 g/mol. The lowest BCUT2D eigenvalue weighted by Crippen LogP contribution is -2.42. The van der Waals surface area contributed by atoms with Crippen molar-refractivity contribution in [2.75, 3.05) is 0 Å². The Labute approximate surface area is 304 Å². The highest BCUT2D eigenvalue weighted by Gasteiger charge is 2.50. The summed E-state index contributed by atoms with van der Waals surface area (Å²) in [4.78, 5) is 0. The van der Waals surface area contributed by atoms with E-state index in [4.69, 9.17) is 8.83 Å². The van der Waals surface area contributed by atoms with Crippen LogP contribution in [-0.2, 0) is 0 Å². The first kappa shape index (κ1) is 33.3. The molecule has 256 valence electrons. The van der Waals surface area contributed by atoms with Gasteiger partial charge in [-0.15, -0.1) is 0 Å². The van der Waals surface area contributed by atoms with Crippen LogP contribution in [-0.4, -0.2) is 8.07 Å². The van der Waals surface area contributed by atoms with Crippen molar-refractivity contribution in [3.8, 4) is 22.3 Å². The quantitative estimate of drug-likeness (QED) is 0.163. The Kier molecular flexibility index (Phi) is 7.92. The van der Waals surface area contributed by atoms with Crippen LogP contribution in [0.3, 0.4) is 0 Å². The molecule has 0 aliphatic heterocycles. The Morgan fingerprint density at radius 2 is 0.824 bits per heavy atom. The van der Waals surface area contributed by atoms with Crippen molar-refractivity contribution in [3.63, 3.8) is 0 Å². The third-order valence-electron chi connectivity index (χ3n) is 11.4. The summed E-state index contributed by atoms with van der Waals surface area (Å²) < 4.78 is 13.0. The van der Waals surface area contributed by atoms with Gasteiger partial charge in [0.15, 0.2) is 0 Å². The van der Waals surface area contributed by atoms with Crippen LogP contribution < -0.4 is 0 Å². The second kappa shape index (κ2) is 12.1. The van der Waals surface area contributed by atoms with Gasteiger partial charge in [-0.25, -0.2) is 0 Å². The number of aryl methyl sites for hydroxylation is 8. The summed E-state index contributed by atoms with van der Waals surface area (Å²) in [6.07, 6.45) is 4.94. The van der Waals surface area contributed by atoms with Gasteiger partial charge < -0.3 is 8.83 Å². The van der Waals surface area contributed by atoms with E-state index in [2.05, 4.69) is 166 Å². The zero-order valence-corrected chi connectivity index (χ0v) is 32.7. The number of hydrogen-bond donors (Lipinski definition) is 0. The van der Waals surface area contributed by atoms with Crippen LogP contribution in [0.2, 0.25) is 13.1 Å². The third-order valence-corrected chi connectivity index (χ3v) is 15.6. The van der Waals surface area contributed by atoms with Crippen molar-refractivity contribution in [3.05, 3.63) is 164 Å². The molecule has 6 aromatic rings. The van der Waals surface area contributed by atoms with E-state index in [0.717, 1.165) is 23.0 Å². The van der Waals surface area contributed by atoms with Crippen molar-refractivity contribution in [2.24, 2.45) is 0 Å². The topological polar surface area (TPSA) is 26.3 Å². The average molecular weight is 685 g/mol. The van der Waals surface area contributed by atoms with Crippen molar-refractivity contribution >= 4 is 31.4 Å². The second-order valence-corrected chi connectivity index (χ2v) is 20.8. The number of rotatable bonds is 6. The molecule has 0 N–H and O–H groups in total. The van der Waals surface area contributed by atoms with Crippen molar-refractivity contribution < 1.29 is 8.83 Å². The molecule has 2 nitrogen and oxygen atoms in total. The maximum Gasteiger partial charge on any atom is 0.130 e. The van der Waals surface area contributed by atoms with Gasteiger partial charge in [-0.2, -0.15) is 0 Å². The smallest absolute Gasteiger partial charge is 0.130 e. The van der Waals surface area contributed by atoms with E-state index in [1.54, 1.807) is 0 Å². The van der Waals surface area contributed by atoms with Gasteiger partial charge in [0.1, 0.15) is 23.0 Å². The molecule has 2 aliphatic carbocycles. The minimum atomic E-state index is -2.40. The standard InChI is InChI=1S/C48H48O2Si/c1-27-19-28(2)22-35(21-27)45-31(5)11-15-37-39(45)25-41(43-17-13-33(7)49-43)47(37)51(9,10)48-38-16-12-32(6)46(36-23-29(3)20-30(4)24-36)40(38)26-42(48)44-18-14-34(8)50-44/h11-26,47-48H,1-10H3. The zero-order chi connectivity index (χ0) is 35.9. The third kappa shape index (κ3) is 5.54. The molecule has 2 heterocycles. The first-order valence-corrected chi connectivity index (χ1v) is 21.5. The normalized spacial score (nSPS) is 16.7. The van der Waals surface area contributed by atoms with E-state index in [-0.39, 0.29) is 11.1 Å². The van der Waals surface area contributed by atoms with Crippen LogP contribution in [0.4, 0.5) is 0 Å². The summed E-state index contributed by atoms with van der Waals surface area (Å²) in [5.74, 6) is 3.85. The Hall–Kier alpha value is -4.86. The van der Waals surface area contributed by atoms with E-state index < -0.39 is 8.07 Å². The molecule has 4 aromatic carbocycles. The maximum absolute atomic E-state index is 6.52. The van der Waals surface area contributed by atoms with Crippen LogP contribution >= 0.6 is 0 Å². The van der Waals surface area contributed by atoms with Crippen LogP contribution in [0.1, 0.15) is 89.8 Å². The molecule has 0 spiro atoms. The Morgan fingerprint density at radius 3 is 1.16 bits per heavy atom. The van der Waals surface area contributed by atoms with Crippen molar-refractivity contribution in [1.29, 1.82) is 0 Å². The molecule has 0 radical (unpaired) electrons. The molecule has 0 saturated heterocycles. The predicted molar refractivity (Wildman–Crippen MR) is 218 cm³/mol. The summed E-state index contributed by atoms with van der Waals surface area (Å²) in [7, 11) is -2.40. The van der Waals surface area contributed by atoms with Gasteiger partial charge in [-0.1, -0.05) is 96.0 Å². The number of hydrogen-bond acceptors (Lipinski definition) is 2. The lowest BCUT2D eigenvalue weighted by molar-refractivity contribution is 0.519. The van der Waals surface area contributed by atoms with Gasteiger partial charge in [0, 0.05) is 22.2 Å². The summed E-state index contributed by atoms with van der Waals surface area (Å²) in [5.41, 5.74) is 21.5. The van der Waals surface area contributed by atoms with E-state index >= 15 is 0 Å². The number of fused-ring (bicyclic) bond motifs is 2. The highest BCUT2D eigenvalue weighted by Crippen LogP contribution is 2.59. The number of furan rings is 2. The van der Waals surface area contributed by atoms with E-state index in [0.29, 0.717) is 0 Å². The Balaban J connectivity index is 1.38. The van der Waals surface area contributed by atoms with Crippen molar-refractivity contribution in [1.82, 2.24) is 0 Å². The molecule has 0 saturated carbocycles. The second-order valence-electron chi connectivity index (χ2n) is 16.0. The molecule has 2 aromatic heterocycles. The van der Waals surface area contributed by atoms with Crippen LogP contribution in [0.5, 0.6) is 0 Å². The Morgan fingerprint density at radius 1 is 0.451 bits per heavy atom. The first-order chi connectivity index (χ1) is 24.3. The van der Waals surface area contributed by atoms with Gasteiger partial charge in [0.2, 0.25) is 0 Å². The van der Waals surface area contributed by atoms with Crippen LogP contribution in [0.25, 0.3) is 45.6 Å². The molecule has 0 bridgehead atoms. The summed E-state index contributed by atoms with van der Waals surface area (Å²) in [6, 6.07) is 32.1. The molecule has 8 rings (SSSR count). The molecule has 51 heavy (non-hydrogen) atoms. The first-order valence-electron chi connectivity index (χ1n) is 18.3. The molecular formula is C48H48O2Si. The largest absolute Gasteiger partial charge is 0.462 e.